The fourth-order valence-electron chi connectivity index (χ4n) is 1.76. The highest BCUT2D eigenvalue weighted by Crippen LogP contribution is 2.25. The average Bonchev–Trinajstić information content (AvgIpc) is 2.88. The molecule has 1 atom stereocenters. The van der Waals surface area contributed by atoms with Gasteiger partial charge in [0.05, 0.1) is 24.0 Å². The summed E-state index contributed by atoms with van der Waals surface area (Å²) in [6.07, 6.45) is 1.69. The molecule has 0 saturated heterocycles. The molecule has 4 nitrogen and oxygen atoms in total. The maximum Gasteiger partial charge on any atom is 0.283 e. The Balaban J connectivity index is 2.27. The first-order chi connectivity index (χ1) is 9.00. The first-order valence-corrected chi connectivity index (χ1v) is 7.75. The van der Waals surface area contributed by atoms with Gasteiger partial charge in [0.1, 0.15) is 4.47 Å². The number of thiophene rings is 1. The molecular formula is C13H16BrN3OS. The summed E-state index contributed by atoms with van der Waals surface area (Å²) in [4.78, 5) is 13.3. The molecule has 0 spiro atoms. The van der Waals surface area contributed by atoms with Gasteiger partial charge in [0.2, 0.25) is 0 Å². The maximum atomic E-state index is 12.1. The zero-order valence-corrected chi connectivity index (χ0v) is 13.5. The van der Waals surface area contributed by atoms with Gasteiger partial charge in [0, 0.05) is 4.88 Å². The van der Waals surface area contributed by atoms with Crippen molar-refractivity contribution in [1.29, 1.82) is 0 Å². The Morgan fingerprint density at radius 3 is 2.74 bits per heavy atom. The van der Waals surface area contributed by atoms with Gasteiger partial charge in [-0.05, 0) is 48.1 Å². The number of aromatic nitrogens is 2. The van der Waals surface area contributed by atoms with Crippen LogP contribution in [0.4, 0.5) is 5.69 Å². The minimum Gasteiger partial charge on any atom is -0.375 e. The van der Waals surface area contributed by atoms with E-state index in [4.69, 9.17) is 0 Å². The molecule has 0 aliphatic rings. The number of nitrogens with zero attached hydrogens (tertiary/aromatic N) is 2. The normalized spacial score (nSPS) is 12.7. The molecule has 2 aromatic rings. The molecule has 0 bridgehead atoms. The van der Waals surface area contributed by atoms with Crippen LogP contribution in [0.5, 0.6) is 0 Å². The third-order valence-electron chi connectivity index (χ3n) is 2.77. The number of rotatable bonds is 4. The Bertz CT molecular complexity index is 607. The highest BCUT2D eigenvalue weighted by molar-refractivity contribution is 9.10. The molecule has 0 aliphatic carbocycles. The molecule has 19 heavy (non-hydrogen) atoms. The minimum atomic E-state index is -0.113. The highest BCUT2D eigenvalue weighted by Gasteiger charge is 2.13. The Hall–Kier alpha value is -1.14. The monoisotopic (exact) mass is 341 g/mol. The first kappa shape index (κ1) is 14.3. The van der Waals surface area contributed by atoms with Gasteiger partial charge in [0.15, 0.2) is 0 Å². The summed E-state index contributed by atoms with van der Waals surface area (Å²) in [6.45, 7) is 5.93. The summed E-state index contributed by atoms with van der Waals surface area (Å²) < 4.78 is 1.99. The summed E-state index contributed by atoms with van der Waals surface area (Å²) in [5, 5.41) is 9.53. The highest BCUT2D eigenvalue weighted by atomic mass is 79.9. The first-order valence-electron chi connectivity index (χ1n) is 6.08. The van der Waals surface area contributed by atoms with Gasteiger partial charge in [0.25, 0.3) is 5.56 Å². The van der Waals surface area contributed by atoms with E-state index in [0.29, 0.717) is 4.47 Å². The van der Waals surface area contributed by atoms with E-state index in [2.05, 4.69) is 39.3 Å². The van der Waals surface area contributed by atoms with Crippen molar-refractivity contribution in [1.82, 2.24) is 9.78 Å². The van der Waals surface area contributed by atoms with Crippen molar-refractivity contribution in [2.24, 2.45) is 0 Å². The molecule has 2 rings (SSSR count). The zero-order valence-electron chi connectivity index (χ0n) is 11.1. The standard InChI is InChI=1S/C13H16BrN3OS/c1-8(2)17-13(18)12(14)10(7-15-17)16-9(3)11-5-4-6-19-11/h4-9,16H,1-3H3. The van der Waals surface area contributed by atoms with Crippen LogP contribution in [-0.2, 0) is 0 Å². The lowest BCUT2D eigenvalue weighted by Gasteiger charge is -2.16. The van der Waals surface area contributed by atoms with Crippen molar-refractivity contribution in [3.63, 3.8) is 0 Å². The van der Waals surface area contributed by atoms with Crippen molar-refractivity contribution < 1.29 is 0 Å². The van der Waals surface area contributed by atoms with Gasteiger partial charge in [-0.3, -0.25) is 4.79 Å². The number of hydrogen-bond donors (Lipinski definition) is 1. The van der Waals surface area contributed by atoms with E-state index in [1.807, 2.05) is 25.3 Å². The van der Waals surface area contributed by atoms with Gasteiger partial charge in [-0.25, -0.2) is 4.68 Å². The second-order valence-electron chi connectivity index (χ2n) is 4.60. The fraction of sp³-hybridized carbons (Fsp3) is 0.385. The van der Waals surface area contributed by atoms with E-state index in [1.54, 1.807) is 17.5 Å². The number of nitrogens with one attached hydrogen (secondary N) is 1. The molecular weight excluding hydrogens is 326 g/mol. The van der Waals surface area contributed by atoms with Crippen molar-refractivity contribution in [2.75, 3.05) is 5.32 Å². The van der Waals surface area contributed by atoms with Crippen molar-refractivity contribution >= 4 is 33.0 Å². The smallest absolute Gasteiger partial charge is 0.283 e. The lowest BCUT2D eigenvalue weighted by Crippen LogP contribution is -2.26. The van der Waals surface area contributed by atoms with E-state index in [-0.39, 0.29) is 17.6 Å². The molecule has 0 fully saturated rings. The van der Waals surface area contributed by atoms with Crippen molar-refractivity contribution in [3.05, 3.63) is 43.4 Å². The topological polar surface area (TPSA) is 46.9 Å². The molecule has 1 unspecified atom stereocenters. The van der Waals surface area contributed by atoms with Crippen LogP contribution in [0.15, 0.2) is 33.0 Å². The van der Waals surface area contributed by atoms with E-state index < -0.39 is 0 Å². The predicted molar refractivity (Wildman–Crippen MR) is 82.9 cm³/mol. The van der Waals surface area contributed by atoms with Crippen LogP contribution in [0.25, 0.3) is 0 Å². The van der Waals surface area contributed by atoms with Crippen LogP contribution in [-0.4, -0.2) is 9.78 Å². The van der Waals surface area contributed by atoms with Gasteiger partial charge in [-0.2, -0.15) is 5.10 Å². The average molecular weight is 342 g/mol. The van der Waals surface area contributed by atoms with Crippen LogP contribution in [0, 0.1) is 0 Å². The molecule has 0 saturated carbocycles. The summed E-state index contributed by atoms with van der Waals surface area (Å²) >= 11 is 5.05. The van der Waals surface area contributed by atoms with Gasteiger partial charge in [-0.15, -0.1) is 11.3 Å². The maximum absolute atomic E-state index is 12.1. The SMILES string of the molecule is CC(Nc1cnn(C(C)C)c(=O)c1Br)c1cccs1. The molecule has 2 aromatic heterocycles. The minimum absolute atomic E-state index is 0.0487. The lowest BCUT2D eigenvalue weighted by molar-refractivity contribution is 0.501. The van der Waals surface area contributed by atoms with Crippen molar-refractivity contribution in [2.45, 2.75) is 32.9 Å². The summed E-state index contributed by atoms with van der Waals surface area (Å²) in [7, 11) is 0. The Morgan fingerprint density at radius 2 is 2.16 bits per heavy atom. The summed E-state index contributed by atoms with van der Waals surface area (Å²) in [5.41, 5.74) is 0.612. The van der Waals surface area contributed by atoms with Crippen LogP contribution >= 0.6 is 27.3 Å². The van der Waals surface area contributed by atoms with Crippen LogP contribution in [0.3, 0.4) is 0 Å². The second-order valence-corrected chi connectivity index (χ2v) is 6.37. The number of anilines is 1. The van der Waals surface area contributed by atoms with Crippen LogP contribution in [0.1, 0.15) is 37.7 Å². The number of hydrogen-bond acceptors (Lipinski definition) is 4. The molecule has 0 aromatic carbocycles. The van der Waals surface area contributed by atoms with E-state index in [0.717, 1.165) is 5.69 Å². The van der Waals surface area contributed by atoms with E-state index >= 15 is 0 Å². The molecule has 0 radical (unpaired) electrons. The summed E-state index contributed by atoms with van der Waals surface area (Å²) in [5.74, 6) is 0. The number of halogens is 1. The van der Waals surface area contributed by atoms with Gasteiger partial charge in [-0.1, -0.05) is 6.07 Å². The Morgan fingerprint density at radius 1 is 1.42 bits per heavy atom. The van der Waals surface area contributed by atoms with Crippen LogP contribution < -0.4 is 10.9 Å². The molecule has 6 heteroatoms. The Kier molecular flexibility index (Phi) is 4.42. The van der Waals surface area contributed by atoms with E-state index in [1.165, 1.54) is 9.56 Å². The fourth-order valence-corrected chi connectivity index (χ4v) is 2.89. The second kappa shape index (κ2) is 5.88. The predicted octanol–water partition coefficient (Wildman–Crippen LogP) is 3.82. The van der Waals surface area contributed by atoms with Gasteiger partial charge >= 0.3 is 0 Å². The summed E-state index contributed by atoms with van der Waals surface area (Å²) in [6, 6.07) is 4.28. The molecule has 1 N–H and O–H groups in total. The third kappa shape index (κ3) is 3.06. The molecule has 2 heterocycles. The van der Waals surface area contributed by atoms with Crippen LogP contribution in [0.2, 0.25) is 0 Å². The largest absolute Gasteiger partial charge is 0.375 e. The quantitative estimate of drug-likeness (QED) is 0.919. The molecule has 0 aliphatic heterocycles. The van der Waals surface area contributed by atoms with E-state index in [9.17, 15) is 4.79 Å². The third-order valence-corrected chi connectivity index (χ3v) is 4.60. The molecule has 0 amide bonds. The molecule has 102 valence electrons. The van der Waals surface area contributed by atoms with Gasteiger partial charge < -0.3 is 5.32 Å². The zero-order chi connectivity index (χ0) is 14.0. The lowest BCUT2D eigenvalue weighted by atomic mass is 10.2. The van der Waals surface area contributed by atoms with Crippen molar-refractivity contribution in [3.8, 4) is 0 Å². The Labute approximate surface area is 124 Å².